The van der Waals surface area contributed by atoms with E-state index in [0.29, 0.717) is 5.92 Å². The Morgan fingerprint density at radius 2 is 1.94 bits per heavy atom. The van der Waals surface area contributed by atoms with Crippen molar-refractivity contribution in [3.8, 4) is 0 Å². The third-order valence-corrected chi connectivity index (χ3v) is 3.61. The van der Waals surface area contributed by atoms with E-state index in [1.807, 2.05) is 36.4 Å². The second kappa shape index (κ2) is 5.99. The maximum atomic E-state index is 10.3. The lowest BCUT2D eigenvalue weighted by atomic mass is 9.87. The van der Waals surface area contributed by atoms with Crippen LogP contribution < -0.4 is 0 Å². The highest BCUT2D eigenvalue weighted by molar-refractivity contribution is 5.18. The first-order valence-corrected chi connectivity index (χ1v) is 6.37. The maximum absolute atomic E-state index is 10.3. The monoisotopic (exact) mass is 231 g/mol. The van der Waals surface area contributed by atoms with Crippen LogP contribution in [0.15, 0.2) is 43.0 Å². The summed E-state index contributed by atoms with van der Waals surface area (Å²) in [6, 6.07) is 10.0. The third kappa shape index (κ3) is 3.18. The molecule has 17 heavy (non-hydrogen) atoms. The molecule has 1 saturated heterocycles. The standard InChI is InChI=1S/C15H21NO/c1-2-10-16-11-8-14(9-12-16)15(17)13-6-4-3-5-7-13/h2-7,14-15,17H,1,8-12H2/t15-/m0/s1. The van der Waals surface area contributed by atoms with Crippen LogP contribution in [0.25, 0.3) is 0 Å². The topological polar surface area (TPSA) is 23.5 Å². The van der Waals surface area contributed by atoms with Crippen LogP contribution in [0.1, 0.15) is 24.5 Å². The van der Waals surface area contributed by atoms with Crippen molar-refractivity contribution in [2.24, 2.45) is 5.92 Å². The van der Waals surface area contributed by atoms with Gasteiger partial charge in [-0.05, 0) is 37.4 Å². The summed E-state index contributed by atoms with van der Waals surface area (Å²) < 4.78 is 0. The SMILES string of the molecule is C=CCN1CCC([C@@H](O)c2ccccc2)CC1. The fourth-order valence-electron chi connectivity index (χ4n) is 2.56. The van der Waals surface area contributed by atoms with E-state index in [4.69, 9.17) is 0 Å². The van der Waals surface area contributed by atoms with Crippen LogP contribution in [0.4, 0.5) is 0 Å². The second-order valence-electron chi connectivity index (χ2n) is 4.78. The molecule has 1 aromatic rings. The molecule has 0 aromatic heterocycles. The predicted molar refractivity (Wildman–Crippen MR) is 70.8 cm³/mol. The summed E-state index contributed by atoms with van der Waals surface area (Å²) in [7, 11) is 0. The third-order valence-electron chi connectivity index (χ3n) is 3.61. The van der Waals surface area contributed by atoms with E-state index < -0.39 is 0 Å². The van der Waals surface area contributed by atoms with Crippen LogP contribution in [0.2, 0.25) is 0 Å². The lowest BCUT2D eigenvalue weighted by Crippen LogP contribution is -2.35. The molecule has 0 aliphatic carbocycles. The van der Waals surface area contributed by atoms with Crippen molar-refractivity contribution in [2.75, 3.05) is 19.6 Å². The van der Waals surface area contributed by atoms with Crippen molar-refractivity contribution >= 4 is 0 Å². The number of nitrogens with zero attached hydrogens (tertiary/aromatic N) is 1. The Kier molecular flexibility index (Phi) is 4.35. The highest BCUT2D eigenvalue weighted by atomic mass is 16.3. The number of likely N-dealkylation sites (tertiary alicyclic amines) is 1. The molecular formula is C15H21NO. The molecule has 0 amide bonds. The van der Waals surface area contributed by atoms with Crippen LogP contribution in [-0.2, 0) is 0 Å². The van der Waals surface area contributed by atoms with Gasteiger partial charge in [-0.1, -0.05) is 36.4 Å². The largest absolute Gasteiger partial charge is 0.388 e. The summed E-state index contributed by atoms with van der Waals surface area (Å²) in [5, 5.41) is 10.3. The molecule has 1 fully saturated rings. The lowest BCUT2D eigenvalue weighted by molar-refractivity contribution is 0.0621. The van der Waals surface area contributed by atoms with E-state index >= 15 is 0 Å². The molecule has 1 heterocycles. The van der Waals surface area contributed by atoms with Crippen LogP contribution in [-0.4, -0.2) is 29.6 Å². The summed E-state index contributed by atoms with van der Waals surface area (Å²) >= 11 is 0. The van der Waals surface area contributed by atoms with Crippen LogP contribution in [0.5, 0.6) is 0 Å². The molecular weight excluding hydrogens is 210 g/mol. The van der Waals surface area contributed by atoms with Crippen molar-refractivity contribution in [1.82, 2.24) is 4.90 Å². The lowest BCUT2D eigenvalue weighted by Gasteiger charge is -2.33. The highest BCUT2D eigenvalue weighted by Crippen LogP contribution is 2.30. The molecule has 2 heteroatoms. The van der Waals surface area contributed by atoms with Crippen molar-refractivity contribution < 1.29 is 5.11 Å². The quantitative estimate of drug-likeness (QED) is 0.805. The number of benzene rings is 1. The Bertz CT molecular complexity index is 341. The van der Waals surface area contributed by atoms with E-state index in [2.05, 4.69) is 11.5 Å². The molecule has 92 valence electrons. The number of hydrogen-bond acceptors (Lipinski definition) is 2. The number of aliphatic hydroxyl groups excluding tert-OH is 1. The normalized spacial score (nSPS) is 20.1. The summed E-state index contributed by atoms with van der Waals surface area (Å²) in [5.74, 6) is 0.401. The number of hydrogen-bond donors (Lipinski definition) is 1. The van der Waals surface area contributed by atoms with Crippen molar-refractivity contribution in [2.45, 2.75) is 18.9 Å². The molecule has 0 bridgehead atoms. The van der Waals surface area contributed by atoms with Crippen molar-refractivity contribution in [3.63, 3.8) is 0 Å². The van der Waals surface area contributed by atoms with Gasteiger partial charge in [-0.25, -0.2) is 0 Å². The molecule has 2 rings (SSSR count). The number of piperidine rings is 1. The Balaban J connectivity index is 1.90. The van der Waals surface area contributed by atoms with Crippen LogP contribution in [0, 0.1) is 5.92 Å². The minimum absolute atomic E-state index is 0.304. The zero-order chi connectivity index (χ0) is 12.1. The number of rotatable bonds is 4. The van der Waals surface area contributed by atoms with E-state index in [9.17, 15) is 5.11 Å². The van der Waals surface area contributed by atoms with Gasteiger partial charge < -0.3 is 5.11 Å². The van der Waals surface area contributed by atoms with Crippen LogP contribution >= 0.6 is 0 Å². The zero-order valence-electron chi connectivity index (χ0n) is 10.3. The van der Waals surface area contributed by atoms with Gasteiger partial charge in [0.15, 0.2) is 0 Å². The second-order valence-corrected chi connectivity index (χ2v) is 4.78. The summed E-state index contributed by atoms with van der Waals surface area (Å²) in [6.45, 7) is 6.87. The van der Waals surface area contributed by atoms with E-state index in [1.54, 1.807) is 0 Å². The Morgan fingerprint density at radius 1 is 1.29 bits per heavy atom. The average molecular weight is 231 g/mol. The predicted octanol–water partition coefficient (Wildman–Crippen LogP) is 2.62. The zero-order valence-corrected chi connectivity index (χ0v) is 10.3. The average Bonchev–Trinajstić information content (AvgIpc) is 2.40. The first kappa shape index (κ1) is 12.3. The van der Waals surface area contributed by atoms with E-state index in [-0.39, 0.29) is 6.10 Å². The van der Waals surface area contributed by atoms with Crippen molar-refractivity contribution in [3.05, 3.63) is 48.6 Å². The van der Waals surface area contributed by atoms with Gasteiger partial charge in [-0.15, -0.1) is 6.58 Å². The molecule has 2 nitrogen and oxygen atoms in total. The van der Waals surface area contributed by atoms with Gasteiger partial charge in [0, 0.05) is 6.54 Å². The Labute approximate surface area is 104 Å². The summed E-state index contributed by atoms with van der Waals surface area (Å²) in [4.78, 5) is 2.39. The van der Waals surface area contributed by atoms with Crippen LogP contribution in [0.3, 0.4) is 0 Å². The summed E-state index contributed by atoms with van der Waals surface area (Å²) in [6.07, 6.45) is 3.80. The highest BCUT2D eigenvalue weighted by Gasteiger charge is 2.25. The van der Waals surface area contributed by atoms with E-state index in [1.165, 1.54) is 0 Å². The van der Waals surface area contributed by atoms with Gasteiger partial charge >= 0.3 is 0 Å². The summed E-state index contributed by atoms with van der Waals surface area (Å²) in [5.41, 5.74) is 1.05. The molecule has 0 radical (unpaired) electrons. The van der Waals surface area contributed by atoms with Gasteiger partial charge in [0.25, 0.3) is 0 Å². The van der Waals surface area contributed by atoms with Gasteiger partial charge in [0.2, 0.25) is 0 Å². The molecule has 1 aliphatic heterocycles. The first-order chi connectivity index (χ1) is 8.31. The molecule has 1 aromatic carbocycles. The smallest absolute Gasteiger partial charge is 0.0819 e. The Hall–Kier alpha value is -1.12. The van der Waals surface area contributed by atoms with Gasteiger partial charge in [0.1, 0.15) is 0 Å². The van der Waals surface area contributed by atoms with Gasteiger partial charge in [0.05, 0.1) is 6.10 Å². The minimum Gasteiger partial charge on any atom is -0.388 e. The fraction of sp³-hybridized carbons (Fsp3) is 0.467. The minimum atomic E-state index is -0.304. The van der Waals surface area contributed by atoms with Gasteiger partial charge in [-0.3, -0.25) is 4.90 Å². The Morgan fingerprint density at radius 3 is 2.53 bits per heavy atom. The first-order valence-electron chi connectivity index (χ1n) is 6.37. The molecule has 0 unspecified atom stereocenters. The molecule has 1 atom stereocenters. The molecule has 0 saturated carbocycles. The van der Waals surface area contributed by atoms with E-state index in [0.717, 1.165) is 38.0 Å². The number of aliphatic hydroxyl groups is 1. The fourth-order valence-corrected chi connectivity index (χ4v) is 2.56. The van der Waals surface area contributed by atoms with Crippen molar-refractivity contribution in [1.29, 1.82) is 0 Å². The molecule has 0 spiro atoms. The van der Waals surface area contributed by atoms with Gasteiger partial charge in [-0.2, -0.15) is 0 Å². The molecule has 1 N–H and O–H groups in total. The maximum Gasteiger partial charge on any atom is 0.0819 e. The molecule has 1 aliphatic rings.